The number of hydrogen-bond acceptors (Lipinski definition) is 9. The predicted octanol–water partition coefficient (Wildman–Crippen LogP) is 13.8. The number of ether oxygens (including phenoxy) is 4. The lowest BCUT2D eigenvalue weighted by atomic mass is 9.98. The molecular formula is C53H83NO8S. The van der Waals surface area contributed by atoms with Crippen LogP contribution >= 0.6 is 11.8 Å². The van der Waals surface area contributed by atoms with Crippen molar-refractivity contribution in [3.8, 4) is 11.1 Å². The van der Waals surface area contributed by atoms with Crippen LogP contribution in [0.5, 0.6) is 0 Å². The summed E-state index contributed by atoms with van der Waals surface area (Å²) in [5.74, 6) is -0.938. The summed E-state index contributed by atoms with van der Waals surface area (Å²) in [6.07, 6.45) is 25.4. The van der Waals surface area contributed by atoms with Crippen molar-refractivity contribution >= 4 is 35.8 Å². The van der Waals surface area contributed by atoms with E-state index >= 15 is 0 Å². The minimum atomic E-state index is -1.03. The van der Waals surface area contributed by atoms with Gasteiger partial charge in [0.05, 0.1) is 0 Å². The van der Waals surface area contributed by atoms with Crippen LogP contribution in [-0.4, -0.2) is 66.5 Å². The van der Waals surface area contributed by atoms with Gasteiger partial charge >= 0.3 is 24.0 Å². The second kappa shape index (κ2) is 32.2. The fraction of sp³-hybridized carbons (Fsp3) is 0.698. The van der Waals surface area contributed by atoms with Crippen LogP contribution in [0, 0.1) is 0 Å². The molecule has 0 aliphatic heterocycles. The van der Waals surface area contributed by atoms with Crippen molar-refractivity contribution in [1.82, 2.24) is 5.32 Å². The number of rotatable bonds is 35. The van der Waals surface area contributed by atoms with Crippen LogP contribution in [0.1, 0.15) is 206 Å². The van der Waals surface area contributed by atoms with Crippen molar-refractivity contribution in [3.05, 3.63) is 59.7 Å². The number of amides is 1. The first-order valence-corrected chi connectivity index (χ1v) is 25.9. The van der Waals surface area contributed by atoms with Crippen molar-refractivity contribution in [3.63, 3.8) is 0 Å². The minimum Gasteiger partial charge on any atom is -0.462 e. The lowest BCUT2D eigenvalue weighted by Gasteiger charge is -2.25. The number of carbonyl (C=O) groups excluding carboxylic acids is 4. The lowest BCUT2D eigenvalue weighted by Crippen LogP contribution is -2.46. The molecule has 2 aromatic carbocycles. The summed E-state index contributed by atoms with van der Waals surface area (Å²) in [4.78, 5) is 52.6. The van der Waals surface area contributed by atoms with Crippen LogP contribution in [-0.2, 0) is 33.3 Å². The van der Waals surface area contributed by atoms with E-state index in [-0.39, 0.29) is 42.6 Å². The molecule has 0 bridgehead atoms. The molecule has 0 unspecified atom stereocenters. The third-order valence-corrected chi connectivity index (χ3v) is 12.8. The van der Waals surface area contributed by atoms with E-state index in [0.717, 1.165) is 60.8 Å². The number of alkyl carbamates (subject to hydrolysis) is 1. The number of thioether (sulfide) groups is 1. The third-order valence-electron chi connectivity index (χ3n) is 11.6. The van der Waals surface area contributed by atoms with Crippen molar-refractivity contribution in [2.45, 2.75) is 212 Å². The molecule has 0 saturated carbocycles. The van der Waals surface area contributed by atoms with E-state index in [9.17, 15) is 19.2 Å². The largest absolute Gasteiger partial charge is 0.462 e. The molecule has 1 N–H and O–H groups in total. The second-order valence-electron chi connectivity index (χ2n) is 18.5. The summed E-state index contributed by atoms with van der Waals surface area (Å²) in [7, 11) is 0. The Labute approximate surface area is 385 Å². The highest BCUT2D eigenvalue weighted by Crippen LogP contribution is 2.44. The number of benzene rings is 2. The van der Waals surface area contributed by atoms with Gasteiger partial charge in [0.1, 0.15) is 31.0 Å². The van der Waals surface area contributed by atoms with Crippen molar-refractivity contribution < 1.29 is 38.1 Å². The first-order chi connectivity index (χ1) is 30.5. The Bertz CT molecular complexity index is 1550. The van der Waals surface area contributed by atoms with E-state index in [4.69, 9.17) is 18.9 Å². The van der Waals surface area contributed by atoms with Crippen molar-refractivity contribution in [1.29, 1.82) is 0 Å². The number of unbranched alkanes of at least 4 members (excludes halogenated alkanes) is 20. The third kappa shape index (κ3) is 23.3. The van der Waals surface area contributed by atoms with Gasteiger partial charge in [-0.1, -0.05) is 191 Å². The number of nitrogens with one attached hydrogen (secondary N) is 1. The first-order valence-electron chi connectivity index (χ1n) is 24.8. The van der Waals surface area contributed by atoms with Crippen LogP contribution < -0.4 is 5.32 Å². The zero-order chi connectivity index (χ0) is 45.5. The Morgan fingerprint density at radius 3 is 1.51 bits per heavy atom. The zero-order valence-electron chi connectivity index (χ0n) is 39.8. The van der Waals surface area contributed by atoms with Gasteiger partial charge in [0, 0.05) is 30.3 Å². The molecule has 9 nitrogen and oxygen atoms in total. The van der Waals surface area contributed by atoms with E-state index < -0.39 is 29.8 Å². The average molecular weight is 894 g/mol. The van der Waals surface area contributed by atoms with Gasteiger partial charge in [-0.05, 0) is 55.9 Å². The van der Waals surface area contributed by atoms with Gasteiger partial charge in [0.25, 0.3) is 0 Å². The van der Waals surface area contributed by atoms with Crippen LogP contribution in [0.3, 0.4) is 0 Å². The van der Waals surface area contributed by atoms with E-state index in [0.29, 0.717) is 12.8 Å². The molecule has 0 aromatic heterocycles. The van der Waals surface area contributed by atoms with Crippen LogP contribution in [0.4, 0.5) is 4.79 Å². The van der Waals surface area contributed by atoms with Gasteiger partial charge in [-0.3, -0.25) is 9.59 Å². The minimum absolute atomic E-state index is 0.0647. The normalized spacial score (nSPS) is 13.2. The van der Waals surface area contributed by atoms with Crippen molar-refractivity contribution in [2.75, 3.05) is 24.7 Å². The number of carbonyl (C=O) groups is 4. The smallest absolute Gasteiger partial charge is 0.407 e. The Balaban J connectivity index is 1.51. The first kappa shape index (κ1) is 53.8. The number of esters is 3. The maximum atomic E-state index is 13.4. The summed E-state index contributed by atoms with van der Waals surface area (Å²) in [5, 5.41) is 2.74. The molecule has 1 aliphatic carbocycles. The Kier molecular flexibility index (Phi) is 27.5. The topological polar surface area (TPSA) is 117 Å². The van der Waals surface area contributed by atoms with Crippen LogP contribution in [0.25, 0.3) is 11.1 Å². The highest BCUT2D eigenvalue weighted by Gasteiger charge is 2.31. The van der Waals surface area contributed by atoms with E-state index in [2.05, 4.69) is 43.4 Å². The summed E-state index contributed by atoms with van der Waals surface area (Å²) < 4.78 is 23.0. The van der Waals surface area contributed by atoms with Gasteiger partial charge in [-0.15, -0.1) is 0 Å². The zero-order valence-corrected chi connectivity index (χ0v) is 40.6. The predicted molar refractivity (Wildman–Crippen MR) is 258 cm³/mol. The van der Waals surface area contributed by atoms with Gasteiger partial charge in [-0.25, -0.2) is 9.59 Å². The SMILES string of the molecule is CCCCCCCCCCCCCC(=O)OC[C@H](CSC[C@H](NC(=O)OCC1c2ccccc2-c2ccccc21)C(=O)OC(C)(C)C)OC(=O)CCCCCCCCCCCCC. The fourth-order valence-electron chi connectivity index (χ4n) is 8.13. The average Bonchev–Trinajstić information content (AvgIpc) is 3.58. The van der Waals surface area contributed by atoms with Gasteiger partial charge < -0.3 is 24.3 Å². The molecule has 0 radical (unpaired) electrons. The molecule has 0 saturated heterocycles. The Morgan fingerprint density at radius 1 is 0.587 bits per heavy atom. The van der Waals surface area contributed by atoms with Gasteiger partial charge in [0.2, 0.25) is 0 Å². The van der Waals surface area contributed by atoms with Gasteiger partial charge in [0.15, 0.2) is 0 Å². The summed E-state index contributed by atoms with van der Waals surface area (Å²) in [6.45, 7) is 9.85. The standard InChI is InChI=1S/C53H83NO8S/c1-6-8-10-12-14-16-18-20-22-24-26-36-49(55)59-38-42(61-50(56)37-27-25-23-21-19-17-15-13-11-9-7-2)40-63-41-48(51(57)62-53(3,4)5)54-52(58)60-39-47-45-34-30-28-32-43(45)44-33-29-31-35-46(44)47/h28-35,42,47-48H,6-27,36-41H2,1-5H3,(H,54,58)/t42-,48+/m1/s1. The molecule has 2 atom stereocenters. The molecule has 1 amide bonds. The highest BCUT2D eigenvalue weighted by molar-refractivity contribution is 7.99. The van der Waals surface area contributed by atoms with E-state index in [1.165, 1.54) is 114 Å². The molecule has 10 heteroatoms. The maximum absolute atomic E-state index is 13.4. The number of hydrogen-bond donors (Lipinski definition) is 1. The summed E-state index contributed by atoms with van der Waals surface area (Å²) >= 11 is 1.33. The fourth-order valence-corrected chi connectivity index (χ4v) is 9.15. The number of fused-ring (bicyclic) bond motifs is 3. The Hall–Kier alpha value is -3.53. The lowest BCUT2D eigenvalue weighted by molar-refractivity contribution is -0.158. The monoisotopic (exact) mass is 894 g/mol. The van der Waals surface area contributed by atoms with Gasteiger partial charge in [-0.2, -0.15) is 11.8 Å². The highest BCUT2D eigenvalue weighted by atomic mass is 32.2. The molecule has 0 heterocycles. The van der Waals surface area contributed by atoms with Crippen molar-refractivity contribution in [2.24, 2.45) is 0 Å². The molecule has 3 rings (SSSR count). The Morgan fingerprint density at radius 2 is 1.03 bits per heavy atom. The molecule has 0 fully saturated rings. The second-order valence-corrected chi connectivity index (χ2v) is 19.5. The van der Waals surface area contributed by atoms with E-state index in [1.807, 2.05) is 24.3 Å². The van der Waals surface area contributed by atoms with Crippen LogP contribution in [0.2, 0.25) is 0 Å². The molecular weight excluding hydrogens is 811 g/mol. The molecule has 0 spiro atoms. The molecule has 354 valence electrons. The molecule has 1 aliphatic rings. The summed E-state index contributed by atoms with van der Waals surface area (Å²) in [6, 6.07) is 15.2. The molecule has 2 aromatic rings. The van der Waals surface area contributed by atoms with Crippen LogP contribution in [0.15, 0.2) is 48.5 Å². The molecule has 63 heavy (non-hydrogen) atoms. The maximum Gasteiger partial charge on any atom is 0.407 e. The quantitative estimate of drug-likeness (QED) is 0.0410. The summed E-state index contributed by atoms with van der Waals surface area (Å²) in [5.41, 5.74) is 3.65. The van der Waals surface area contributed by atoms with E-state index in [1.54, 1.807) is 20.8 Å².